The zero-order valence-corrected chi connectivity index (χ0v) is 32.6. The first-order valence-corrected chi connectivity index (χ1v) is 18.4. The van der Waals surface area contributed by atoms with Gasteiger partial charge in [0.25, 0.3) is 0 Å². The molecular formula is C42H54N2O10. The number of aliphatic hydroxyl groups excluding tert-OH is 2. The maximum absolute atomic E-state index is 13.9. The Labute approximate surface area is 316 Å². The molecule has 8 N–H and O–H groups in total. The first-order valence-electron chi connectivity index (χ1n) is 18.4. The van der Waals surface area contributed by atoms with Crippen LogP contribution in [0.15, 0.2) is 51.4 Å². The van der Waals surface area contributed by atoms with Gasteiger partial charge in [-0.25, -0.2) is 9.59 Å². The third kappa shape index (κ3) is 7.75. The molecule has 4 rings (SSSR count). The van der Waals surface area contributed by atoms with E-state index in [1.807, 2.05) is 41.5 Å². The Bertz CT molecular complexity index is 2030. The van der Waals surface area contributed by atoms with Crippen molar-refractivity contribution in [3.63, 3.8) is 0 Å². The van der Waals surface area contributed by atoms with Crippen molar-refractivity contribution in [2.24, 2.45) is 28.7 Å². The average molecular weight is 747 g/mol. The van der Waals surface area contributed by atoms with Crippen LogP contribution in [0.2, 0.25) is 0 Å². The molecule has 292 valence electrons. The van der Waals surface area contributed by atoms with Gasteiger partial charge in [-0.15, -0.1) is 0 Å². The first kappa shape index (κ1) is 41.7. The van der Waals surface area contributed by atoms with Crippen molar-refractivity contribution in [3.8, 4) is 17.2 Å². The largest absolute Gasteiger partial charge is 0.511 e. The fraction of sp³-hybridized carbons (Fsp3) is 0.476. The molecule has 0 amide bonds. The highest BCUT2D eigenvalue weighted by Gasteiger charge is 2.44. The van der Waals surface area contributed by atoms with Crippen LogP contribution in [0, 0.1) is 30.6 Å². The van der Waals surface area contributed by atoms with E-state index in [4.69, 9.17) is 0 Å². The number of carbonyl (C=O) groups is 3. The van der Waals surface area contributed by atoms with E-state index in [2.05, 4.69) is 10.3 Å². The number of phenolic OH excluding ortho intramolecular Hbond substituents is 3. The molecule has 2 aliphatic carbocycles. The topological polar surface area (TPSA) is 217 Å². The van der Waals surface area contributed by atoms with Crippen LogP contribution >= 0.6 is 0 Å². The number of aromatic hydroxyl groups is 3. The Morgan fingerprint density at radius 2 is 1.48 bits per heavy atom. The van der Waals surface area contributed by atoms with Crippen molar-refractivity contribution in [1.82, 2.24) is 5.32 Å². The first-order chi connectivity index (χ1) is 25.1. The quantitative estimate of drug-likeness (QED) is 0.0592. The van der Waals surface area contributed by atoms with Crippen LogP contribution in [-0.4, -0.2) is 77.9 Å². The predicted molar refractivity (Wildman–Crippen MR) is 208 cm³/mol. The van der Waals surface area contributed by atoms with E-state index in [1.165, 1.54) is 6.20 Å². The van der Waals surface area contributed by atoms with E-state index in [0.29, 0.717) is 33.2 Å². The number of allylic oxidation sites excluding steroid dienone is 4. The number of Topliss-reactive ketones (excluding diaryl/α,β-unsaturated/α-hetero) is 1. The Hall–Kier alpha value is -5.10. The standard InChI is InChI=1S/C42H54N2O10/c1-17(2)11-27(41(51)52)43-15-25-33-23(29(19(5)6)39(49)35(25)45)13-21(9)31(37(33)47)32-22(10)14-24-30(20(7)8)40(50)36(46)26(34(24)38(32)48)16-44-28(42(53)54)12-18(3)4/h13-20,27-28,33,39,43,46-50H,11-12H2,1-10H3,(H,51,52)(H,53,54)/b25-15-,44-16?/t27-,28+,33?,39?/m1/s1. The minimum Gasteiger partial charge on any atom is -0.511 e. The van der Waals surface area contributed by atoms with E-state index in [-0.39, 0.29) is 75.7 Å². The molecule has 0 saturated heterocycles. The van der Waals surface area contributed by atoms with Gasteiger partial charge in [-0.05, 0) is 78.0 Å². The van der Waals surface area contributed by atoms with Crippen LogP contribution in [0.25, 0.3) is 16.3 Å². The van der Waals surface area contributed by atoms with Crippen molar-refractivity contribution >= 4 is 40.3 Å². The Kier molecular flexibility index (Phi) is 12.4. The highest BCUT2D eigenvalue weighted by Crippen LogP contribution is 2.52. The summed E-state index contributed by atoms with van der Waals surface area (Å²) in [6, 6.07) is -0.525. The van der Waals surface area contributed by atoms with Crippen molar-refractivity contribution in [2.75, 3.05) is 0 Å². The lowest BCUT2D eigenvalue weighted by atomic mass is 9.68. The molecule has 2 aromatic carbocycles. The number of benzene rings is 2. The summed E-state index contributed by atoms with van der Waals surface area (Å²) in [6.45, 7) is 18.1. The summed E-state index contributed by atoms with van der Waals surface area (Å²) in [4.78, 5) is 42.3. The summed E-state index contributed by atoms with van der Waals surface area (Å²) in [5, 5.41) is 81.5. The van der Waals surface area contributed by atoms with E-state index in [1.54, 1.807) is 39.8 Å². The Morgan fingerprint density at radius 1 is 0.870 bits per heavy atom. The number of rotatable bonds is 13. The SMILES string of the molecule is CC1=CC2=C(C(C)C)C(O)C(=O)/C(=C\N[C@H](CC(C)C)C(=O)O)C2C(O)=C1c1c(C)cc2c(C(C)C)c(O)c(O)c(C=N[C@@H](CC(C)C)C(=O)O)c2c1O. The number of aliphatic imine (C=N–C) groups is 1. The molecule has 2 aromatic rings. The smallest absolute Gasteiger partial charge is 0.328 e. The number of carbonyl (C=O) groups excluding carboxylic acids is 1. The Balaban J connectivity index is 2.10. The van der Waals surface area contributed by atoms with Crippen LogP contribution in [0.4, 0.5) is 0 Å². The molecule has 0 spiro atoms. The number of aliphatic carboxylic acids is 2. The second-order valence-corrected chi connectivity index (χ2v) is 15.9. The molecule has 12 heteroatoms. The molecule has 54 heavy (non-hydrogen) atoms. The van der Waals surface area contributed by atoms with Gasteiger partial charge in [-0.3, -0.25) is 9.79 Å². The summed E-state index contributed by atoms with van der Waals surface area (Å²) in [5.74, 6) is -6.58. The monoisotopic (exact) mass is 746 g/mol. The van der Waals surface area contributed by atoms with Crippen molar-refractivity contribution < 1.29 is 50.1 Å². The van der Waals surface area contributed by atoms with Crippen LogP contribution in [0.3, 0.4) is 0 Å². The van der Waals surface area contributed by atoms with Gasteiger partial charge in [0, 0.05) is 45.6 Å². The highest BCUT2D eigenvalue weighted by molar-refractivity contribution is 6.12. The molecule has 0 aliphatic heterocycles. The third-order valence-electron chi connectivity index (χ3n) is 10.1. The number of carboxylic acids is 2. The minimum atomic E-state index is -1.54. The molecule has 0 heterocycles. The molecular weight excluding hydrogens is 692 g/mol. The summed E-state index contributed by atoms with van der Waals surface area (Å²) < 4.78 is 0. The van der Waals surface area contributed by atoms with Crippen molar-refractivity contribution in [2.45, 2.75) is 106 Å². The lowest BCUT2D eigenvalue weighted by molar-refractivity contribution is -0.140. The molecule has 2 unspecified atom stereocenters. The maximum atomic E-state index is 13.9. The predicted octanol–water partition coefficient (Wildman–Crippen LogP) is 7.02. The number of phenols is 3. The van der Waals surface area contributed by atoms with E-state index in [0.717, 1.165) is 6.21 Å². The number of aliphatic hydroxyl groups is 2. The zero-order chi connectivity index (χ0) is 40.7. The van der Waals surface area contributed by atoms with Crippen LogP contribution < -0.4 is 5.32 Å². The van der Waals surface area contributed by atoms with Gasteiger partial charge < -0.3 is 41.1 Å². The van der Waals surface area contributed by atoms with Crippen LogP contribution in [-0.2, 0) is 14.4 Å². The molecule has 4 atom stereocenters. The molecule has 0 saturated carbocycles. The third-order valence-corrected chi connectivity index (χ3v) is 10.1. The van der Waals surface area contributed by atoms with Gasteiger partial charge in [0.2, 0.25) is 0 Å². The zero-order valence-electron chi connectivity index (χ0n) is 32.6. The van der Waals surface area contributed by atoms with E-state index >= 15 is 0 Å². The van der Waals surface area contributed by atoms with Gasteiger partial charge in [0.05, 0.1) is 5.92 Å². The van der Waals surface area contributed by atoms with Gasteiger partial charge in [0.15, 0.2) is 17.3 Å². The molecule has 0 bridgehead atoms. The molecule has 2 aliphatic rings. The van der Waals surface area contributed by atoms with E-state index < -0.39 is 53.3 Å². The van der Waals surface area contributed by atoms with Gasteiger partial charge in [-0.2, -0.15) is 0 Å². The number of fused-ring (bicyclic) bond motifs is 2. The van der Waals surface area contributed by atoms with Crippen LogP contribution in [0.5, 0.6) is 17.2 Å². The lowest BCUT2D eigenvalue weighted by Gasteiger charge is -2.37. The van der Waals surface area contributed by atoms with Crippen molar-refractivity contribution in [1.29, 1.82) is 0 Å². The highest BCUT2D eigenvalue weighted by atomic mass is 16.4. The lowest BCUT2D eigenvalue weighted by Crippen LogP contribution is -2.41. The number of nitrogens with zero attached hydrogens (tertiary/aromatic N) is 1. The number of hydrogen-bond acceptors (Lipinski definition) is 10. The van der Waals surface area contributed by atoms with Gasteiger partial charge >= 0.3 is 11.9 Å². The number of ketones is 1. The minimum absolute atomic E-state index is 0.00406. The summed E-state index contributed by atoms with van der Waals surface area (Å²) in [6.07, 6.45) is 3.03. The summed E-state index contributed by atoms with van der Waals surface area (Å²) >= 11 is 0. The number of carboxylic acid groups (broad SMARTS) is 2. The van der Waals surface area contributed by atoms with Crippen molar-refractivity contribution in [3.05, 3.63) is 68.6 Å². The number of nitrogens with one attached hydrogen (secondary N) is 1. The molecule has 0 fully saturated rings. The summed E-state index contributed by atoms with van der Waals surface area (Å²) in [5.41, 5.74) is 2.30. The summed E-state index contributed by atoms with van der Waals surface area (Å²) in [7, 11) is 0. The van der Waals surface area contributed by atoms with Gasteiger partial charge in [-0.1, -0.05) is 67.5 Å². The second-order valence-electron chi connectivity index (χ2n) is 15.9. The van der Waals surface area contributed by atoms with E-state index in [9.17, 15) is 50.1 Å². The van der Waals surface area contributed by atoms with Crippen LogP contribution in [0.1, 0.15) is 103 Å². The average Bonchev–Trinajstić information content (AvgIpc) is 3.04. The molecule has 0 aromatic heterocycles. The fourth-order valence-electron chi connectivity index (χ4n) is 7.73. The maximum Gasteiger partial charge on any atom is 0.328 e. The number of aryl methyl sites for hydroxylation is 1. The number of hydrogen-bond donors (Lipinski definition) is 8. The normalized spacial score (nSPS) is 19.9. The molecule has 12 nitrogen and oxygen atoms in total. The fourth-order valence-corrected chi connectivity index (χ4v) is 7.73. The Morgan fingerprint density at radius 3 is 2.00 bits per heavy atom. The molecule has 0 radical (unpaired) electrons. The van der Waals surface area contributed by atoms with Gasteiger partial charge in [0.1, 0.15) is 29.7 Å². The second kappa shape index (κ2) is 16.1.